The Morgan fingerprint density at radius 1 is 1.15 bits per heavy atom. The molecular formula is C21H14ClF4N3O3S. The first-order valence-corrected chi connectivity index (χ1v) is 10.7. The van der Waals surface area contributed by atoms with Crippen LogP contribution in [0.1, 0.15) is 11.1 Å². The highest BCUT2D eigenvalue weighted by Crippen LogP contribution is 2.40. The standard InChI is InChI=1S/C21H14ClF4N3O3S/c22-12-2-4-15(13(9-12)21(24,25)26)32-16-3-1-11(7-14(16)23)8-17-19(31)28-20(33-17)29-6-5-27-18(30)10-29/h1-4,7-9H,5-6,10H2,(H,27,30)/b17-8+. The van der Waals surface area contributed by atoms with Gasteiger partial charge in [-0.1, -0.05) is 17.7 Å². The Labute approximate surface area is 194 Å². The van der Waals surface area contributed by atoms with Gasteiger partial charge in [-0.3, -0.25) is 9.59 Å². The Kier molecular flexibility index (Phi) is 6.35. The summed E-state index contributed by atoms with van der Waals surface area (Å²) in [5, 5.41) is 2.92. The van der Waals surface area contributed by atoms with E-state index in [-0.39, 0.29) is 27.9 Å². The zero-order valence-electron chi connectivity index (χ0n) is 16.6. The van der Waals surface area contributed by atoms with E-state index in [9.17, 15) is 27.2 Å². The molecule has 0 unspecified atom stereocenters. The van der Waals surface area contributed by atoms with Gasteiger partial charge in [0.2, 0.25) is 5.91 Å². The van der Waals surface area contributed by atoms with Crippen LogP contribution in [0.4, 0.5) is 17.6 Å². The van der Waals surface area contributed by atoms with Crippen LogP contribution in [0.5, 0.6) is 11.5 Å². The normalized spacial score (nSPS) is 17.9. The molecule has 0 aromatic heterocycles. The third-order valence-corrected chi connectivity index (χ3v) is 5.92. The summed E-state index contributed by atoms with van der Waals surface area (Å²) in [4.78, 5) is 29.6. The van der Waals surface area contributed by atoms with Gasteiger partial charge in [0.05, 0.1) is 17.0 Å². The van der Waals surface area contributed by atoms with Crippen LogP contribution in [0, 0.1) is 5.82 Å². The molecule has 12 heteroatoms. The Hall–Kier alpha value is -3.05. The fourth-order valence-electron chi connectivity index (χ4n) is 3.11. The summed E-state index contributed by atoms with van der Waals surface area (Å²) in [5.41, 5.74) is -0.847. The second-order valence-corrected chi connectivity index (χ2v) is 8.46. The van der Waals surface area contributed by atoms with Crippen molar-refractivity contribution in [2.45, 2.75) is 6.18 Å². The van der Waals surface area contributed by atoms with Gasteiger partial charge in [-0.05, 0) is 53.7 Å². The van der Waals surface area contributed by atoms with Crippen molar-refractivity contribution in [2.75, 3.05) is 19.6 Å². The number of nitrogens with one attached hydrogen (secondary N) is 1. The maximum Gasteiger partial charge on any atom is 0.420 e. The van der Waals surface area contributed by atoms with Crippen LogP contribution in [0.15, 0.2) is 46.3 Å². The summed E-state index contributed by atoms with van der Waals surface area (Å²) in [6.07, 6.45) is -3.34. The van der Waals surface area contributed by atoms with E-state index in [1.807, 2.05) is 0 Å². The predicted octanol–water partition coefficient (Wildman–Crippen LogP) is 4.69. The minimum Gasteiger partial charge on any atom is -0.454 e. The number of ether oxygens (including phenoxy) is 1. The fraction of sp³-hybridized carbons (Fsp3) is 0.190. The van der Waals surface area contributed by atoms with Crippen LogP contribution < -0.4 is 10.1 Å². The second-order valence-electron chi connectivity index (χ2n) is 7.01. The van der Waals surface area contributed by atoms with Crippen molar-refractivity contribution in [3.63, 3.8) is 0 Å². The number of carbonyl (C=O) groups excluding carboxylic acids is 2. The van der Waals surface area contributed by atoms with Gasteiger partial charge in [-0.25, -0.2) is 4.39 Å². The molecule has 0 atom stereocenters. The largest absolute Gasteiger partial charge is 0.454 e. The van der Waals surface area contributed by atoms with E-state index in [0.29, 0.717) is 24.3 Å². The third kappa shape index (κ3) is 5.31. The topological polar surface area (TPSA) is 71.0 Å². The second kappa shape index (κ2) is 9.06. The Morgan fingerprint density at radius 3 is 2.61 bits per heavy atom. The Morgan fingerprint density at radius 2 is 1.91 bits per heavy atom. The summed E-state index contributed by atoms with van der Waals surface area (Å²) in [7, 11) is 0. The van der Waals surface area contributed by atoms with E-state index in [1.54, 1.807) is 4.90 Å². The van der Waals surface area contributed by atoms with Crippen LogP contribution in [-0.4, -0.2) is 41.5 Å². The number of amides is 2. The molecule has 1 N–H and O–H groups in total. The van der Waals surface area contributed by atoms with E-state index >= 15 is 0 Å². The minimum absolute atomic E-state index is 0.0810. The Balaban J connectivity index is 1.52. The lowest BCUT2D eigenvalue weighted by atomic mass is 10.1. The van der Waals surface area contributed by atoms with Crippen molar-refractivity contribution >= 4 is 46.4 Å². The quantitative estimate of drug-likeness (QED) is 0.490. The molecule has 6 nitrogen and oxygen atoms in total. The number of carbonyl (C=O) groups is 2. The molecule has 2 aromatic carbocycles. The molecular weight excluding hydrogens is 486 g/mol. The van der Waals surface area contributed by atoms with E-state index in [4.69, 9.17) is 16.3 Å². The van der Waals surface area contributed by atoms with Gasteiger partial charge >= 0.3 is 6.18 Å². The molecule has 1 fully saturated rings. The van der Waals surface area contributed by atoms with Crippen molar-refractivity contribution in [3.8, 4) is 11.5 Å². The van der Waals surface area contributed by atoms with E-state index in [0.717, 1.165) is 30.0 Å². The molecule has 0 spiro atoms. The molecule has 0 radical (unpaired) electrons. The number of benzene rings is 2. The number of hydrogen-bond donors (Lipinski definition) is 1. The monoisotopic (exact) mass is 499 g/mol. The van der Waals surface area contributed by atoms with Gasteiger partial charge in [0.1, 0.15) is 5.75 Å². The summed E-state index contributed by atoms with van der Waals surface area (Å²) >= 11 is 6.70. The first-order chi connectivity index (χ1) is 15.6. The van der Waals surface area contributed by atoms with E-state index in [1.165, 1.54) is 18.2 Å². The first-order valence-electron chi connectivity index (χ1n) is 9.48. The van der Waals surface area contributed by atoms with Gasteiger partial charge in [0.25, 0.3) is 5.91 Å². The zero-order valence-corrected chi connectivity index (χ0v) is 18.2. The van der Waals surface area contributed by atoms with Crippen molar-refractivity contribution in [3.05, 3.63) is 63.3 Å². The number of rotatable bonds is 3. The number of aliphatic imine (C=N–C) groups is 1. The molecule has 0 saturated carbocycles. The van der Waals surface area contributed by atoms with Crippen molar-refractivity contribution in [1.29, 1.82) is 0 Å². The van der Waals surface area contributed by atoms with E-state index in [2.05, 4.69) is 10.3 Å². The molecule has 172 valence electrons. The van der Waals surface area contributed by atoms with Crippen molar-refractivity contribution < 1.29 is 31.9 Å². The average Bonchev–Trinajstić information content (AvgIpc) is 3.11. The molecule has 4 rings (SSSR count). The number of amidine groups is 1. The lowest BCUT2D eigenvalue weighted by molar-refractivity contribution is -0.138. The maximum absolute atomic E-state index is 14.6. The van der Waals surface area contributed by atoms with Crippen LogP contribution >= 0.6 is 23.4 Å². The molecule has 1 saturated heterocycles. The van der Waals surface area contributed by atoms with Crippen LogP contribution in [0.2, 0.25) is 5.02 Å². The van der Waals surface area contributed by atoms with Crippen molar-refractivity contribution in [2.24, 2.45) is 4.99 Å². The molecule has 33 heavy (non-hydrogen) atoms. The SMILES string of the molecule is O=C1CN(C2=NC(=O)/C(=C\c3ccc(Oc4ccc(Cl)cc4C(F)(F)F)c(F)c3)S2)CCN1. The summed E-state index contributed by atoms with van der Waals surface area (Å²) in [6.45, 7) is 1.02. The maximum atomic E-state index is 14.6. The molecule has 2 aromatic rings. The highest BCUT2D eigenvalue weighted by atomic mass is 35.5. The fourth-order valence-corrected chi connectivity index (χ4v) is 4.22. The number of nitrogens with zero attached hydrogens (tertiary/aromatic N) is 2. The van der Waals surface area contributed by atoms with Gasteiger partial charge in [-0.15, -0.1) is 0 Å². The summed E-state index contributed by atoms with van der Waals surface area (Å²) in [5.74, 6) is -2.65. The Bertz CT molecular complexity index is 1200. The van der Waals surface area contributed by atoms with Crippen LogP contribution in [0.25, 0.3) is 6.08 Å². The lowest BCUT2D eigenvalue weighted by Crippen LogP contribution is -2.49. The van der Waals surface area contributed by atoms with Crippen LogP contribution in [0.3, 0.4) is 0 Å². The zero-order chi connectivity index (χ0) is 23.8. The first kappa shape index (κ1) is 23.1. The molecule has 2 heterocycles. The highest BCUT2D eigenvalue weighted by Gasteiger charge is 2.35. The lowest BCUT2D eigenvalue weighted by Gasteiger charge is -2.27. The van der Waals surface area contributed by atoms with Gasteiger partial charge in [0, 0.05) is 18.1 Å². The van der Waals surface area contributed by atoms with Gasteiger partial charge in [-0.2, -0.15) is 18.2 Å². The average molecular weight is 500 g/mol. The van der Waals surface area contributed by atoms with E-state index < -0.39 is 35.0 Å². The molecule has 2 aliphatic rings. The molecule has 0 bridgehead atoms. The van der Waals surface area contributed by atoms with Crippen LogP contribution in [-0.2, 0) is 15.8 Å². The molecule has 2 aliphatic heterocycles. The van der Waals surface area contributed by atoms with Gasteiger partial charge in [0.15, 0.2) is 16.7 Å². The van der Waals surface area contributed by atoms with Crippen molar-refractivity contribution in [1.82, 2.24) is 10.2 Å². The summed E-state index contributed by atoms with van der Waals surface area (Å²) < 4.78 is 59.5. The number of hydrogen-bond acceptors (Lipinski definition) is 5. The molecule has 2 amide bonds. The number of thioether (sulfide) groups is 1. The highest BCUT2D eigenvalue weighted by molar-refractivity contribution is 8.18. The third-order valence-electron chi connectivity index (χ3n) is 4.64. The predicted molar refractivity (Wildman–Crippen MR) is 116 cm³/mol. The summed E-state index contributed by atoms with van der Waals surface area (Å²) in [6, 6.07) is 6.50. The number of piperazine rings is 1. The smallest absolute Gasteiger partial charge is 0.420 e. The number of alkyl halides is 3. The number of halogens is 5. The van der Waals surface area contributed by atoms with Gasteiger partial charge < -0.3 is 15.0 Å². The minimum atomic E-state index is -4.74. The molecule has 0 aliphatic carbocycles.